The zero-order valence-electron chi connectivity index (χ0n) is 9.00. The summed E-state index contributed by atoms with van der Waals surface area (Å²) in [5.74, 6) is -1.19. The SMILES string of the molecule is O=[N+]([O-])c1cc(Nc2ccc(O)cc2F)ccn1. The van der Waals surface area contributed by atoms with Crippen molar-refractivity contribution in [3.8, 4) is 5.75 Å². The Morgan fingerprint density at radius 2 is 2.11 bits per heavy atom. The van der Waals surface area contributed by atoms with Crippen molar-refractivity contribution in [2.24, 2.45) is 0 Å². The Hall–Kier alpha value is -2.70. The lowest BCUT2D eigenvalue weighted by atomic mass is 10.2. The van der Waals surface area contributed by atoms with Crippen LogP contribution in [0.25, 0.3) is 0 Å². The molecule has 0 unspecified atom stereocenters. The van der Waals surface area contributed by atoms with Gasteiger partial charge < -0.3 is 20.5 Å². The standard InChI is InChI=1S/C11H8FN3O3/c12-9-6-8(16)1-2-10(9)14-7-3-4-13-11(5-7)15(17)18/h1-6,16H,(H,13,14). The van der Waals surface area contributed by atoms with Crippen molar-refractivity contribution in [1.29, 1.82) is 0 Å². The number of aromatic nitrogens is 1. The number of benzene rings is 1. The number of aromatic hydroxyl groups is 1. The molecule has 2 rings (SSSR count). The molecule has 0 aliphatic rings. The Morgan fingerprint density at radius 3 is 2.78 bits per heavy atom. The molecule has 0 spiro atoms. The number of hydrogen-bond donors (Lipinski definition) is 2. The van der Waals surface area contributed by atoms with E-state index in [4.69, 9.17) is 5.11 Å². The summed E-state index contributed by atoms with van der Waals surface area (Å²) >= 11 is 0. The molecule has 1 aromatic carbocycles. The lowest BCUT2D eigenvalue weighted by Gasteiger charge is -2.06. The minimum absolute atomic E-state index is 0.105. The highest BCUT2D eigenvalue weighted by Crippen LogP contribution is 2.24. The van der Waals surface area contributed by atoms with Crippen LogP contribution in [0.1, 0.15) is 0 Å². The van der Waals surface area contributed by atoms with Crippen LogP contribution in [-0.4, -0.2) is 15.0 Å². The normalized spacial score (nSPS) is 10.1. The number of phenols is 1. The molecule has 0 aliphatic heterocycles. The van der Waals surface area contributed by atoms with Crippen molar-refractivity contribution in [2.75, 3.05) is 5.32 Å². The van der Waals surface area contributed by atoms with E-state index in [9.17, 15) is 14.5 Å². The molecular weight excluding hydrogens is 241 g/mol. The maximum absolute atomic E-state index is 13.4. The number of nitrogens with one attached hydrogen (secondary N) is 1. The molecule has 18 heavy (non-hydrogen) atoms. The van der Waals surface area contributed by atoms with Crippen LogP contribution in [-0.2, 0) is 0 Å². The van der Waals surface area contributed by atoms with E-state index in [0.29, 0.717) is 5.69 Å². The van der Waals surface area contributed by atoms with Crippen molar-refractivity contribution in [2.45, 2.75) is 0 Å². The fraction of sp³-hybridized carbons (Fsp3) is 0. The molecule has 2 aromatic rings. The fourth-order valence-corrected chi connectivity index (χ4v) is 1.36. The van der Waals surface area contributed by atoms with E-state index in [2.05, 4.69) is 10.3 Å². The van der Waals surface area contributed by atoms with Gasteiger partial charge in [-0.05, 0) is 22.0 Å². The monoisotopic (exact) mass is 249 g/mol. The molecule has 0 saturated heterocycles. The summed E-state index contributed by atoms with van der Waals surface area (Å²) in [5, 5.41) is 22.2. The molecule has 0 fully saturated rings. The van der Waals surface area contributed by atoms with Gasteiger partial charge in [0.1, 0.15) is 17.8 Å². The molecule has 92 valence electrons. The molecule has 0 atom stereocenters. The van der Waals surface area contributed by atoms with Crippen LogP contribution in [0.5, 0.6) is 5.75 Å². The number of hydrogen-bond acceptors (Lipinski definition) is 5. The summed E-state index contributed by atoms with van der Waals surface area (Å²) in [7, 11) is 0. The summed E-state index contributed by atoms with van der Waals surface area (Å²) in [4.78, 5) is 13.4. The maximum atomic E-state index is 13.4. The second-order valence-electron chi connectivity index (χ2n) is 3.45. The Bertz CT molecular complexity index is 604. The predicted molar refractivity (Wildman–Crippen MR) is 62.2 cm³/mol. The summed E-state index contributed by atoms with van der Waals surface area (Å²) in [6.07, 6.45) is 1.25. The molecular formula is C11H8FN3O3. The Balaban J connectivity index is 2.28. The molecule has 6 nitrogen and oxygen atoms in total. The number of nitrogens with zero attached hydrogens (tertiary/aromatic N) is 2. The van der Waals surface area contributed by atoms with E-state index < -0.39 is 10.7 Å². The maximum Gasteiger partial charge on any atom is 0.365 e. The largest absolute Gasteiger partial charge is 0.508 e. The minimum Gasteiger partial charge on any atom is -0.508 e. The molecule has 0 aliphatic carbocycles. The number of phenolic OH excluding ortho intramolecular Hbond substituents is 1. The van der Waals surface area contributed by atoms with Gasteiger partial charge in [0.15, 0.2) is 0 Å². The molecule has 1 aromatic heterocycles. The average molecular weight is 249 g/mol. The van der Waals surface area contributed by atoms with Gasteiger partial charge in [-0.15, -0.1) is 0 Å². The molecule has 2 N–H and O–H groups in total. The van der Waals surface area contributed by atoms with Crippen molar-refractivity contribution in [3.05, 3.63) is 52.5 Å². The third-order valence-electron chi connectivity index (χ3n) is 2.16. The van der Waals surface area contributed by atoms with E-state index in [1.807, 2.05) is 0 Å². The number of rotatable bonds is 3. The highest BCUT2D eigenvalue weighted by Gasteiger charge is 2.09. The van der Waals surface area contributed by atoms with Crippen LogP contribution < -0.4 is 5.32 Å². The second kappa shape index (κ2) is 4.66. The van der Waals surface area contributed by atoms with E-state index in [0.717, 1.165) is 6.07 Å². The fourth-order valence-electron chi connectivity index (χ4n) is 1.36. The van der Waals surface area contributed by atoms with Crippen LogP contribution in [0, 0.1) is 15.9 Å². The van der Waals surface area contributed by atoms with Crippen molar-refractivity contribution < 1.29 is 14.4 Å². The van der Waals surface area contributed by atoms with Crippen LogP contribution in [0.4, 0.5) is 21.6 Å². The van der Waals surface area contributed by atoms with E-state index in [1.165, 1.54) is 30.5 Å². The van der Waals surface area contributed by atoms with E-state index >= 15 is 0 Å². The minimum atomic E-state index is -0.658. The van der Waals surface area contributed by atoms with E-state index in [-0.39, 0.29) is 17.3 Å². The number of pyridine rings is 1. The average Bonchev–Trinajstić information content (AvgIpc) is 2.33. The van der Waals surface area contributed by atoms with Gasteiger partial charge in [-0.2, -0.15) is 0 Å². The number of halogens is 1. The van der Waals surface area contributed by atoms with Crippen molar-refractivity contribution >= 4 is 17.2 Å². The molecule has 0 amide bonds. The van der Waals surface area contributed by atoms with Gasteiger partial charge in [-0.1, -0.05) is 0 Å². The highest BCUT2D eigenvalue weighted by molar-refractivity contribution is 5.62. The van der Waals surface area contributed by atoms with Gasteiger partial charge in [-0.25, -0.2) is 4.39 Å². The van der Waals surface area contributed by atoms with Crippen LogP contribution in [0.3, 0.4) is 0 Å². The van der Waals surface area contributed by atoms with Crippen molar-refractivity contribution in [3.63, 3.8) is 0 Å². The first kappa shape index (κ1) is 11.8. The summed E-state index contributed by atoms with van der Waals surface area (Å²) in [6, 6.07) is 6.24. The topological polar surface area (TPSA) is 88.3 Å². The Kier molecular flexibility index (Phi) is 3.05. The van der Waals surface area contributed by atoms with Crippen LogP contribution >= 0.6 is 0 Å². The third kappa shape index (κ3) is 2.51. The second-order valence-corrected chi connectivity index (χ2v) is 3.45. The molecule has 0 saturated carbocycles. The molecule has 1 heterocycles. The molecule has 7 heteroatoms. The molecule has 0 bridgehead atoms. The lowest BCUT2D eigenvalue weighted by molar-refractivity contribution is -0.389. The summed E-state index contributed by atoms with van der Waals surface area (Å²) in [6.45, 7) is 0. The van der Waals surface area contributed by atoms with Gasteiger partial charge in [0, 0.05) is 12.1 Å². The lowest BCUT2D eigenvalue weighted by Crippen LogP contribution is -1.96. The van der Waals surface area contributed by atoms with E-state index in [1.54, 1.807) is 0 Å². The zero-order chi connectivity index (χ0) is 13.1. The van der Waals surface area contributed by atoms with Gasteiger partial charge >= 0.3 is 5.82 Å². The summed E-state index contributed by atoms with van der Waals surface area (Å²) in [5.41, 5.74) is 0.439. The van der Waals surface area contributed by atoms with Gasteiger partial charge in [-0.3, -0.25) is 0 Å². The Labute approximate surface area is 101 Å². The van der Waals surface area contributed by atoms with Gasteiger partial charge in [0.25, 0.3) is 0 Å². The third-order valence-corrected chi connectivity index (χ3v) is 2.16. The number of anilines is 2. The van der Waals surface area contributed by atoms with Gasteiger partial charge in [0.2, 0.25) is 0 Å². The van der Waals surface area contributed by atoms with Gasteiger partial charge in [0.05, 0.1) is 17.4 Å². The summed E-state index contributed by atoms with van der Waals surface area (Å²) < 4.78 is 13.4. The van der Waals surface area contributed by atoms with Crippen LogP contribution in [0.15, 0.2) is 36.5 Å². The first-order valence-electron chi connectivity index (χ1n) is 4.92. The first-order valence-corrected chi connectivity index (χ1v) is 4.92. The van der Waals surface area contributed by atoms with Crippen LogP contribution in [0.2, 0.25) is 0 Å². The molecule has 0 radical (unpaired) electrons. The Morgan fingerprint density at radius 1 is 1.33 bits per heavy atom. The highest BCUT2D eigenvalue weighted by atomic mass is 19.1. The van der Waals surface area contributed by atoms with Crippen molar-refractivity contribution in [1.82, 2.24) is 4.98 Å². The smallest absolute Gasteiger partial charge is 0.365 e. The zero-order valence-corrected chi connectivity index (χ0v) is 9.00. The predicted octanol–water partition coefficient (Wildman–Crippen LogP) is 2.58. The quantitative estimate of drug-likeness (QED) is 0.495. The number of nitro groups is 1. The first-order chi connectivity index (χ1) is 8.56.